The minimum atomic E-state index is -3.66. The fraction of sp³-hybridized carbons (Fsp3) is 0.533. The summed E-state index contributed by atoms with van der Waals surface area (Å²) in [5.41, 5.74) is 0.219. The number of nitrogens with zero attached hydrogens (tertiary/aromatic N) is 3. The fourth-order valence-corrected chi connectivity index (χ4v) is 8.96. The number of amidine groups is 1. The number of rotatable bonds is 8. The van der Waals surface area contributed by atoms with Crippen LogP contribution in [-0.4, -0.2) is 66.0 Å². The van der Waals surface area contributed by atoms with Gasteiger partial charge in [-0.05, 0) is 80.9 Å². The number of hydrogen-bond acceptors (Lipinski definition) is 10. The molecule has 10 nitrogen and oxygen atoms in total. The van der Waals surface area contributed by atoms with E-state index in [0.29, 0.717) is 29.4 Å². The van der Waals surface area contributed by atoms with Crippen molar-refractivity contribution in [2.24, 2.45) is 16.8 Å². The summed E-state index contributed by atoms with van der Waals surface area (Å²) in [7, 11) is -3.66. The molecule has 2 fully saturated rings. The number of aliphatic imine (C=N–C) groups is 1. The van der Waals surface area contributed by atoms with E-state index in [2.05, 4.69) is 26.2 Å². The highest BCUT2D eigenvalue weighted by atomic mass is 79.9. The number of ether oxygens (including phenoxy) is 2. The summed E-state index contributed by atoms with van der Waals surface area (Å²) in [6.45, 7) is 7.46. The van der Waals surface area contributed by atoms with E-state index in [1.807, 2.05) is 0 Å². The number of carbonyl (C=O) groups is 2. The Balaban J connectivity index is 1.41. The summed E-state index contributed by atoms with van der Waals surface area (Å²) in [5.74, 6) is -3.60. The number of hydrogen-bond donors (Lipinski definition) is 1. The first-order valence-electron chi connectivity index (χ1n) is 14.7. The molecule has 0 amide bonds. The van der Waals surface area contributed by atoms with E-state index in [-0.39, 0.29) is 60.0 Å². The molecular weight excluding hydrogens is 694 g/mol. The smallest absolute Gasteiger partial charge is 0.338 e. The third-order valence-corrected chi connectivity index (χ3v) is 11.9. The first kappa shape index (κ1) is 33.6. The number of esters is 2. The molecule has 1 aliphatic carbocycles. The van der Waals surface area contributed by atoms with Gasteiger partial charge in [0.15, 0.2) is 22.5 Å². The van der Waals surface area contributed by atoms with Crippen molar-refractivity contribution in [3.63, 3.8) is 0 Å². The van der Waals surface area contributed by atoms with Crippen molar-refractivity contribution in [3.8, 4) is 0 Å². The van der Waals surface area contributed by atoms with Gasteiger partial charge in [0.05, 0.1) is 27.8 Å². The Morgan fingerprint density at radius 3 is 2.47 bits per heavy atom. The van der Waals surface area contributed by atoms with Crippen molar-refractivity contribution in [2.75, 3.05) is 19.7 Å². The molecule has 1 aromatic carbocycles. The number of aromatic nitrogens is 1. The van der Waals surface area contributed by atoms with Crippen molar-refractivity contribution in [2.45, 2.75) is 70.3 Å². The van der Waals surface area contributed by atoms with Crippen molar-refractivity contribution in [1.82, 2.24) is 14.6 Å². The Bertz CT molecular complexity index is 1630. The zero-order chi connectivity index (χ0) is 32.7. The highest BCUT2D eigenvalue weighted by Gasteiger charge is 2.47. The van der Waals surface area contributed by atoms with E-state index >= 15 is 0 Å². The van der Waals surface area contributed by atoms with Gasteiger partial charge in [-0.2, -0.15) is 0 Å². The van der Waals surface area contributed by atoms with Crippen LogP contribution in [0.3, 0.4) is 0 Å². The predicted molar refractivity (Wildman–Crippen MR) is 168 cm³/mol. The first-order chi connectivity index (χ1) is 21.2. The molecule has 244 valence electrons. The Labute approximate surface area is 273 Å². The molecule has 1 saturated carbocycles. The van der Waals surface area contributed by atoms with E-state index in [1.54, 1.807) is 39.3 Å². The average Bonchev–Trinajstić information content (AvgIpc) is 3.49. The fourth-order valence-electron chi connectivity index (χ4n) is 5.74. The third kappa shape index (κ3) is 7.00. The Hall–Kier alpha value is -2.75. The topological polar surface area (TPSA) is 127 Å². The maximum absolute atomic E-state index is 14.7. The average molecular weight is 730 g/mol. The normalized spacial score (nSPS) is 23.2. The highest BCUT2D eigenvalue weighted by Crippen LogP contribution is 2.42. The van der Waals surface area contributed by atoms with Gasteiger partial charge < -0.3 is 14.8 Å². The van der Waals surface area contributed by atoms with Gasteiger partial charge >= 0.3 is 11.9 Å². The monoisotopic (exact) mass is 728 g/mol. The largest absolute Gasteiger partial charge is 0.463 e. The lowest BCUT2D eigenvalue weighted by Crippen LogP contribution is -2.50. The van der Waals surface area contributed by atoms with Gasteiger partial charge in [0, 0.05) is 36.3 Å². The summed E-state index contributed by atoms with van der Waals surface area (Å²) in [5, 5.41) is 4.91. The molecule has 1 N–H and O–H groups in total. The van der Waals surface area contributed by atoms with Gasteiger partial charge in [-0.1, -0.05) is 6.07 Å². The van der Waals surface area contributed by atoms with Crippen molar-refractivity contribution < 1.29 is 36.3 Å². The summed E-state index contributed by atoms with van der Waals surface area (Å²) < 4.78 is 67.9. The number of halogens is 3. The van der Waals surface area contributed by atoms with Crippen LogP contribution in [0.5, 0.6) is 0 Å². The number of piperidine rings is 1. The van der Waals surface area contributed by atoms with Crippen molar-refractivity contribution in [1.29, 1.82) is 0 Å². The maximum atomic E-state index is 14.7. The molecule has 15 heteroatoms. The van der Waals surface area contributed by atoms with Crippen LogP contribution in [0.25, 0.3) is 0 Å². The number of allylic oxidation sites excluding steroid dienone is 1. The summed E-state index contributed by atoms with van der Waals surface area (Å²) in [4.78, 5) is 35.0. The molecule has 1 unspecified atom stereocenters. The van der Waals surface area contributed by atoms with Gasteiger partial charge in [-0.25, -0.2) is 31.3 Å². The Kier molecular flexibility index (Phi) is 9.83. The number of carbonyl (C=O) groups excluding carboxylic acids is 2. The third-order valence-electron chi connectivity index (χ3n) is 8.04. The summed E-state index contributed by atoms with van der Waals surface area (Å²) in [6, 6.07) is 1.30. The Morgan fingerprint density at radius 2 is 1.87 bits per heavy atom. The minimum Gasteiger partial charge on any atom is -0.463 e. The van der Waals surface area contributed by atoms with Gasteiger partial charge in [0.2, 0.25) is 10.0 Å². The molecule has 1 saturated heterocycles. The molecule has 1 atom stereocenters. The lowest BCUT2D eigenvalue weighted by molar-refractivity contribution is -0.162. The molecule has 2 aliphatic heterocycles. The van der Waals surface area contributed by atoms with Gasteiger partial charge in [-0.3, -0.25) is 9.79 Å². The molecule has 0 radical (unpaired) electrons. The lowest BCUT2D eigenvalue weighted by Gasteiger charge is -2.40. The molecule has 0 spiro atoms. The van der Waals surface area contributed by atoms with Crippen LogP contribution >= 0.6 is 27.3 Å². The van der Waals surface area contributed by atoms with Crippen LogP contribution in [0.4, 0.5) is 8.78 Å². The van der Waals surface area contributed by atoms with Gasteiger partial charge in [0.25, 0.3) is 0 Å². The first-order valence-corrected chi connectivity index (χ1v) is 17.9. The van der Waals surface area contributed by atoms with Crippen LogP contribution in [0.15, 0.2) is 44.4 Å². The zero-order valence-electron chi connectivity index (χ0n) is 25.3. The highest BCUT2D eigenvalue weighted by molar-refractivity contribution is 9.10. The second-order valence-electron chi connectivity index (χ2n) is 12.2. The molecule has 0 bridgehead atoms. The molecule has 3 aliphatic rings. The summed E-state index contributed by atoms with van der Waals surface area (Å²) >= 11 is 4.47. The van der Waals surface area contributed by atoms with Crippen molar-refractivity contribution in [3.05, 3.63) is 61.7 Å². The van der Waals surface area contributed by atoms with E-state index in [4.69, 9.17) is 14.5 Å². The summed E-state index contributed by atoms with van der Waals surface area (Å²) in [6.07, 6.45) is 2.80. The van der Waals surface area contributed by atoms with Crippen LogP contribution < -0.4 is 5.32 Å². The van der Waals surface area contributed by atoms with E-state index in [1.165, 1.54) is 21.7 Å². The molecule has 2 aromatic rings. The molecule has 5 rings (SSSR count). The van der Waals surface area contributed by atoms with E-state index in [0.717, 1.165) is 6.07 Å². The molecule has 1 aromatic heterocycles. The molecule has 3 heterocycles. The SMILES string of the molecule is CCOC(=O)C1=C(C2CCN(S(=O)(=O)[C@H]3C[C@@H](C(=O)OC(C)(C)C)C3)CC2)NC(c2nccs2)=NC1c1ccc(F)c(F)c1Br. The number of benzene rings is 1. The van der Waals surface area contributed by atoms with E-state index in [9.17, 15) is 26.8 Å². The Morgan fingerprint density at radius 1 is 1.18 bits per heavy atom. The number of nitrogens with one attached hydrogen (secondary N) is 1. The quantitative estimate of drug-likeness (QED) is 0.289. The second kappa shape index (κ2) is 13.2. The van der Waals surface area contributed by atoms with Crippen LogP contribution in [-0.2, 0) is 29.1 Å². The zero-order valence-corrected chi connectivity index (χ0v) is 28.5. The second-order valence-corrected chi connectivity index (χ2v) is 16.1. The minimum absolute atomic E-state index is 0.0761. The van der Waals surface area contributed by atoms with Crippen LogP contribution in [0, 0.1) is 23.5 Å². The standard InChI is InChI=1S/C30H35BrF2N4O6S2/c1-5-42-29(39)21-24(35-26(27-34-10-13-44-27)36-25(21)19-6-7-20(32)23(33)22(19)31)16-8-11-37(12-9-16)45(40,41)18-14-17(15-18)28(38)43-30(2,3)4/h6-7,10,13,16-18,25H,5,8-9,11-12,14-15H2,1-4H3,(H,35,36)/t17-,18+,25?. The van der Waals surface area contributed by atoms with Gasteiger partial charge in [0.1, 0.15) is 11.6 Å². The predicted octanol–water partition coefficient (Wildman–Crippen LogP) is 5.25. The maximum Gasteiger partial charge on any atom is 0.338 e. The molecular formula is C30H35BrF2N4O6S2. The van der Waals surface area contributed by atoms with Gasteiger partial charge in [-0.15, -0.1) is 11.3 Å². The lowest BCUT2D eigenvalue weighted by atomic mass is 9.85. The number of thiazole rings is 1. The van der Waals surface area contributed by atoms with Crippen LogP contribution in [0.2, 0.25) is 0 Å². The van der Waals surface area contributed by atoms with E-state index < -0.39 is 50.4 Å². The number of sulfonamides is 1. The molecule has 45 heavy (non-hydrogen) atoms. The van der Waals surface area contributed by atoms with Crippen molar-refractivity contribution >= 4 is 55.1 Å². The van der Waals surface area contributed by atoms with Crippen LogP contribution in [0.1, 0.15) is 70.0 Å².